The second kappa shape index (κ2) is 2.70. The van der Waals surface area contributed by atoms with Gasteiger partial charge in [-0.05, 0) is 10.3 Å². The SMILES string of the molecule is NC1=C([N+](=O)[O-])C(=O)c2nonc2C1=O. The van der Waals surface area contributed by atoms with E-state index >= 15 is 0 Å². The Morgan fingerprint density at radius 1 is 1.20 bits per heavy atom. The molecule has 0 radical (unpaired) electrons. The number of hydrogen-bond donors (Lipinski definition) is 1. The zero-order valence-electron chi connectivity index (χ0n) is 6.96. The van der Waals surface area contributed by atoms with Crippen molar-refractivity contribution in [1.82, 2.24) is 10.3 Å². The minimum absolute atomic E-state index is 0.400. The number of nitrogens with two attached hydrogens (primary N) is 1. The van der Waals surface area contributed by atoms with Crippen LogP contribution in [0.4, 0.5) is 0 Å². The normalized spacial score (nSPS) is 15.5. The van der Waals surface area contributed by atoms with E-state index in [1.165, 1.54) is 0 Å². The lowest BCUT2D eigenvalue weighted by Crippen LogP contribution is -2.30. The minimum Gasteiger partial charge on any atom is -0.390 e. The summed E-state index contributed by atoms with van der Waals surface area (Å²) in [6, 6.07) is 0. The number of aromatic nitrogens is 2. The van der Waals surface area contributed by atoms with Gasteiger partial charge in [0.05, 0.1) is 4.92 Å². The van der Waals surface area contributed by atoms with E-state index < -0.39 is 39.3 Å². The molecule has 1 aromatic heterocycles. The molecule has 0 saturated carbocycles. The third-order valence-electron chi connectivity index (χ3n) is 1.82. The molecule has 0 atom stereocenters. The van der Waals surface area contributed by atoms with Crippen molar-refractivity contribution in [2.24, 2.45) is 5.73 Å². The second-order valence-electron chi connectivity index (χ2n) is 2.64. The van der Waals surface area contributed by atoms with Crippen LogP contribution in [0.3, 0.4) is 0 Å². The molecule has 1 aliphatic carbocycles. The molecular weight excluding hydrogens is 208 g/mol. The van der Waals surface area contributed by atoms with Crippen LogP contribution in [0.2, 0.25) is 0 Å². The van der Waals surface area contributed by atoms with Crippen LogP contribution in [0.5, 0.6) is 0 Å². The van der Waals surface area contributed by atoms with E-state index in [9.17, 15) is 19.7 Å². The first kappa shape index (κ1) is 8.99. The number of nitro groups is 1. The Hall–Kier alpha value is -2.58. The summed E-state index contributed by atoms with van der Waals surface area (Å²) in [7, 11) is 0. The second-order valence-corrected chi connectivity index (χ2v) is 2.64. The summed E-state index contributed by atoms with van der Waals surface area (Å²) in [5.41, 5.74) is 2.51. The molecule has 0 aliphatic heterocycles. The van der Waals surface area contributed by atoms with Crippen molar-refractivity contribution < 1.29 is 19.1 Å². The third kappa shape index (κ3) is 1.03. The third-order valence-corrected chi connectivity index (χ3v) is 1.82. The Kier molecular flexibility index (Phi) is 1.62. The minimum atomic E-state index is -1.08. The standard InChI is InChI=1S/C6H2N4O5/c7-1-4(10(13)14)6(12)3-2(5(1)11)8-15-9-3/h7H2. The van der Waals surface area contributed by atoms with Gasteiger partial charge in [-0.15, -0.1) is 0 Å². The van der Waals surface area contributed by atoms with E-state index in [-0.39, 0.29) is 0 Å². The lowest BCUT2D eigenvalue weighted by atomic mass is 10.0. The van der Waals surface area contributed by atoms with Crippen LogP contribution in [0.15, 0.2) is 16.0 Å². The summed E-state index contributed by atoms with van der Waals surface area (Å²) in [6.45, 7) is 0. The van der Waals surface area contributed by atoms with Crippen molar-refractivity contribution in [1.29, 1.82) is 0 Å². The van der Waals surface area contributed by atoms with Crippen LogP contribution >= 0.6 is 0 Å². The molecule has 0 amide bonds. The average molecular weight is 210 g/mol. The smallest absolute Gasteiger partial charge is 0.345 e. The van der Waals surface area contributed by atoms with Crippen LogP contribution in [-0.2, 0) is 0 Å². The van der Waals surface area contributed by atoms with E-state index in [4.69, 9.17) is 5.73 Å². The monoisotopic (exact) mass is 210 g/mol. The Bertz CT molecular complexity index is 527. The highest BCUT2D eigenvalue weighted by Crippen LogP contribution is 2.21. The maximum Gasteiger partial charge on any atom is 0.345 e. The molecule has 1 aliphatic rings. The first-order valence-electron chi connectivity index (χ1n) is 3.60. The summed E-state index contributed by atoms with van der Waals surface area (Å²) < 4.78 is 4.14. The number of nitrogens with zero attached hydrogens (tertiary/aromatic N) is 3. The summed E-state index contributed by atoms with van der Waals surface area (Å²) in [5.74, 6) is -2.01. The molecule has 76 valence electrons. The molecule has 0 spiro atoms. The number of rotatable bonds is 1. The van der Waals surface area contributed by atoms with Crippen molar-refractivity contribution in [3.63, 3.8) is 0 Å². The van der Waals surface area contributed by atoms with E-state index in [1.807, 2.05) is 0 Å². The Labute approximate surface area is 80.6 Å². The van der Waals surface area contributed by atoms with Crippen LogP contribution in [0, 0.1) is 10.1 Å². The van der Waals surface area contributed by atoms with Gasteiger partial charge >= 0.3 is 5.70 Å². The van der Waals surface area contributed by atoms with Gasteiger partial charge in [0.25, 0.3) is 5.78 Å². The van der Waals surface area contributed by atoms with Gasteiger partial charge in [0.2, 0.25) is 5.78 Å². The summed E-state index contributed by atoms with van der Waals surface area (Å²) in [4.78, 5) is 32.2. The van der Waals surface area contributed by atoms with Crippen LogP contribution < -0.4 is 5.73 Å². The highest BCUT2D eigenvalue weighted by molar-refractivity contribution is 6.23. The van der Waals surface area contributed by atoms with E-state index in [0.29, 0.717) is 0 Å². The lowest BCUT2D eigenvalue weighted by molar-refractivity contribution is -0.417. The lowest BCUT2D eigenvalue weighted by Gasteiger charge is -2.05. The topological polar surface area (TPSA) is 142 Å². The number of carbonyl (C=O) groups excluding carboxylic acids is 2. The summed E-state index contributed by atoms with van der Waals surface area (Å²) >= 11 is 0. The maximum atomic E-state index is 11.4. The number of hydrogen-bond acceptors (Lipinski definition) is 8. The number of carbonyl (C=O) groups is 2. The molecule has 2 rings (SSSR count). The maximum absolute atomic E-state index is 11.4. The largest absolute Gasteiger partial charge is 0.390 e. The number of Topliss-reactive ketones (excluding diaryl/α,β-unsaturated/α-hetero) is 2. The van der Waals surface area contributed by atoms with Crippen molar-refractivity contribution in [2.75, 3.05) is 0 Å². The van der Waals surface area contributed by atoms with Crippen molar-refractivity contribution in [3.05, 3.63) is 32.9 Å². The van der Waals surface area contributed by atoms with Gasteiger partial charge in [0.15, 0.2) is 17.1 Å². The number of allylic oxidation sites excluding steroid dienone is 2. The van der Waals surface area contributed by atoms with Gasteiger partial charge in [-0.3, -0.25) is 19.7 Å². The molecule has 0 saturated heterocycles. The zero-order valence-corrected chi connectivity index (χ0v) is 6.96. The zero-order chi connectivity index (χ0) is 11.2. The first-order valence-corrected chi connectivity index (χ1v) is 3.60. The molecule has 0 bridgehead atoms. The van der Waals surface area contributed by atoms with Crippen LogP contribution in [-0.4, -0.2) is 26.8 Å². The average Bonchev–Trinajstić information content (AvgIpc) is 2.62. The van der Waals surface area contributed by atoms with Crippen molar-refractivity contribution in [2.45, 2.75) is 0 Å². The molecular formula is C6H2N4O5. The van der Waals surface area contributed by atoms with E-state index in [1.54, 1.807) is 0 Å². The van der Waals surface area contributed by atoms with Gasteiger partial charge in [0.1, 0.15) is 0 Å². The number of ketones is 2. The van der Waals surface area contributed by atoms with E-state index in [2.05, 4.69) is 14.9 Å². The molecule has 2 N–H and O–H groups in total. The molecule has 0 aromatic carbocycles. The fraction of sp³-hybridized carbons (Fsp3) is 0. The van der Waals surface area contributed by atoms with Gasteiger partial charge in [-0.1, -0.05) is 0 Å². The molecule has 1 heterocycles. The quantitative estimate of drug-likeness (QED) is 0.454. The summed E-state index contributed by atoms with van der Waals surface area (Å²) in [5, 5.41) is 16.7. The predicted molar refractivity (Wildman–Crippen MR) is 41.2 cm³/mol. The summed E-state index contributed by atoms with van der Waals surface area (Å²) in [6.07, 6.45) is 0. The Balaban J connectivity index is 2.70. The fourth-order valence-electron chi connectivity index (χ4n) is 1.14. The van der Waals surface area contributed by atoms with E-state index in [0.717, 1.165) is 0 Å². The van der Waals surface area contributed by atoms with Gasteiger partial charge in [-0.25, -0.2) is 4.63 Å². The Morgan fingerprint density at radius 2 is 1.73 bits per heavy atom. The predicted octanol–water partition coefficient (Wildman–Crippen LogP) is -1.10. The van der Waals surface area contributed by atoms with Gasteiger partial charge in [-0.2, -0.15) is 0 Å². The van der Waals surface area contributed by atoms with Crippen LogP contribution in [0.25, 0.3) is 0 Å². The van der Waals surface area contributed by atoms with Gasteiger partial charge < -0.3 is 5.73 Å². The van der Waals surface area contributed by atoms with Gasteiger partial charge in [0, 0.05) is 0 Å². The molecule has 9 nitrogen and oxygen atoms in total. The highest BCUT2D eigenvalue weighted by atomic mass is 16.6. The molecule has 9 heteroatoms. The molecule has 1 aromatic rings. The van der Waals surface area contributed by atoms with Crippen molar-refractivity contribution in [3.8, 4) is 0 Å². The highest BCUT2D eigenvalue weighted by Gasteiger charge is 2.42. The van der Waals surface area contributed by atoms with Crippen LogP contribution in [0.1, 0.15) is 21.0 Å². The number of fused-ring (bicyclic) bond motifs is 1. The fourth-order valence-corrected chi connectivity index (χ4v) is 1.14. The van der Waals surface area contributed by atoms with Crippen molar-refractivity contribution >= 4 is 11.6 Å². The molecule has 0 unspecified atom stereocenters. The first-order chi connectivity index (χ1) is 7.04. The Morgan fingerprint density at radius 3 is 2.27 bits per heavy atom. The molecule has 15 heavy (non-hydrogen) atoms. The molecule has 0 fully saturated rings.